The molecule has 1 fully saturated rings. The summed E-state index contributed by atoms with van der Waals surface area (Å²) in [5, 5.41) is 3.02. The van der Waals surface area contributed by atoms with Crippen molar-refractivity contribution in [1.82, 2.24) is 15.2 Å². The Morgan fingerprint density at radius 2 is 1.84 bits per heavy atom. The lowest BCUT2D eigenvalue weighted by Gasteiger charge is -2.36. The van der Waals surface area contributed by atoms with E-state index in [0.717, 1.165) is 35.7 Å². The lowest BCUT2D eigenvalue weighted by molar-refractivity contribution is 0.194. The summed E-state index contributed by atoms with van der Waals surface area (Å²) in [6.07, 6.45) is 1.71. The molecule has 2 aromatic carbocycles. The van der Waals surface area contributed by atoms with E-state index in [4.69, 9.17) is 9.15 Å². The van der Waals surface area contributed by atoms with Crippen LogP contribution in [0.4, 0.5) is 10.5 Å². The molecule has 1 aliphatic rings. The minimum Gasteiger partial charge on any atom is -0.496 e. The SMILES string of the molecule is COc1cc(N2CCN(C(=O)NCc3ccc(C)cc3)CC2)ccc1-c1cnc(C)o1. The number of anilines is 1. The number of benzene rings is 2. The number of hydrogen-bond acceptors (Lipinski definition) is 5. The number of carbonyl (C=O) groups excluding carboxylic acids is 1. The number of urea groups is 1. The Kier molecular flexibility index (Phi) is 6.11. The number of rotatable bonds is 5. The van der Waals surface area contributed by atoms with Gasteiger partial charge >= 0.3 is 6.03 Å². The van der Waals surface area contributed by atoms with Crippen molar-refractivity contribution in [3.05, 3.63) is 65.7 Å². The molecule has 0 radical (unpaired) electrons. The molecule has 1 aliphatic heterocycles. The van der Waals surface area contributed by atoms with Gasteiger partial charge in [-0.05, 0) is 24.6 Å². The van der Waals surface area contributed by atoms with Crippen molar-refractivity contribution in [1.29, 1.82) is 0 Å². The van der Waals surface area contributed by atoms with E-state index in [0.29, 0.717) is 31.3 Å². The number of ether oxygens (including phenoxy) is 1. The Bertz CT molecular complexity index is 1040. The van der Waals surface area contributed by atoms with Crippen molar-refractivity contribution >= 4 is 11.7 Å². The van der Waals surface area contributed by atoms with Gasteiger partial charge in [0.25, 0.3) is 0 Å². The molecule has 1 saturated heterocycles. The quantitative estimate of drug-likeness (QED) is 0.676. The smallest absolute Gasteiger partial charge is 0.317 e. The van der Waals surface area contributed by atoms with Crippen LogP contribution in [-0.2, 0) is 6.54 Å². The zero-order chi connectivity index (χ0) is 21.8. The van der Waals surface area contributed by atoms with Crippen LogP contribution in [0.5, 0.6) is 5.75 Å². The van der Waals surface area contributed by atoms with Crippen LogP contribution in [0, 0.1) is 13.8 Å². The zero-order valence-corrected chi connectivity index (χ0v) is 18.2. The monoisotopic (exact) mass is 420 g/mol. The van der Waals surface area contributed by atoms with Crippen LogP contribution in [0.3, 0.4) is 0 Å². The normalized spacial score (nSPS) is 13.9. The summed E-state index contributed by atoms with van der Waals surface area (Å²) in [7, 11) is 1.65. The first kappa shape index (κ1) is 20.8. The van der Waals surface area contributed by atoms with E-state index in [9.17, 15) is 4.79 Å². The number of methoxy groups -OCH3 is 1. The molecule has 2 heterocycles. The van der Waals surface area contributed by atoms with Gasteiger partial charge in [-0.15, -0.1) is 0 Å². The molecule has 2 amide bonds. The molecule has 3 aromatic rings. The molecule has 0 unspecified atom stereocenters. The molecule has 0 atom stereocenters. The van der Waals surface area contributed by atoms with Crippen LogP contribution in [0.25, 0.3) is 11.3 Å². The predicted molar refractivity (Wildman–Crippen MR) is 120 cm³/mol. The lowest BCUT2D eigenvalue weighted by atomic mass is 10.1. The van der Waals surface area contributed by atoms with Gasteiger partial charge in [0.2, 0.25) is 0 Å². The standard InChI is InChI=1S/C24H28N4O3/c1-17-4-6-19(7-5-17)15-26-24(29)28-12-10-27(11-13-28)20-8-9-21(22(14-20)30-3)23-16-25-18(2)31-23/h4-9,14,16H,10-13,15H2,1-3H3,(H,26,29). The molecule has 7 heteroatoms. The topological polar surface area (TPSA) is 70.8 Å². The zero-order valence-electron chi connectivity index (χ0n) is 18.2. The van der Waals surface area contributed by atoms with Crippen molar-refractivity contribution in [2.45, 2.75) is 20.4 Å². The van der Waals surface area contributed by atoms with Crippen molar-refractivity contribution < 1.29 is 13.9 Å². The fraction of sp³-hybridized carbons (Fsp3) is 0.333. The number of carbonyl (C=O) groups is 1. The van der Waals surface area contributed by atoms with Gasteiger partial charge in [0.05, 0.1) is 18.9 Å². The van der Waals surface area contributed by atoms with Gasteiger partial charge in [0.1, 0.15) is 5.75 Å². The van der Waals surface area contributed by atoms with Gasteiger partial charge in [-0.2, -0.15) is 0 Å². The molecule has 7 nitrogen and oxygen atoms in total. The number of amides is 2. The predicted octanol–water partition coefficient (Wildman–Crippen LogP) is 4.00. The average Bonchev–Trinajstić information content (AvgIpc) is 3.24. The minimum absolute atomic E-state index is 0.0196. The Labute approximate surface area is 182 Å². The number of nitrogens with zero attached hydrogens (tertiary/aromatic N) is 3. The third-order valence-electron chi connectivity index (χ3n) is 5.57. The van der Waals surface area contributed by atoms with E-state index in [1.165, 1.54) is 5.56 Å². The molecule has 0 spiro atoms. The molecule has 4 rings (SSSR count). The average molecular weight is 421 g/mol. The van der Waals surface area contributed by atoms with Crippen LogP contribution in [0.2, 0.25) is 0 Å². The highest BCUT2D eigenvalue weighted by molar-refractivity contribution is 5.75. The highest BCUT2D eigenvalue weighted by atomic mass is 16.5. The second-order valence-corrected chi connectivity index (χ2v) is 7.75. The van der Waals surface area contributed by atoms with E-state index in [2.05, 4.69) is 40.3 Å². The van der Waals surface area contributed by atoms with Crippen molar-refractivity contribution in [3.63, 3.8) is 0 Å². The Morgan fingerprint density at radius 3 is 2.48 bits per heavy atom. The fourth-order valence-electron chi connectivity index (χ4n) is 3.73. The van der Waals surface area contributed by atoms with Crippen LogP contribution in [0.15, 0.2) is 53.1 Å². The number of oxazole rings is 1. The summed E-state index contributed by atoms with van der Waals surface area (Å²) in [6.45, 7) is 7.29. The Morgan fingerprint density at radius 1 is 1.10 bits per heavy atom. The highest BCUT2D eigenvalue weighted by Crippen LogP contribution is 2.34. The molecular formula is C24H28N4O3. The third kappa shape index (κ3) is 4.82. The number of hydrogen-bond donors (Lipinski definition) is 1. The Balaban J connectivity index is 1.34. The molecule has 1 aromatic heterocycles. The summed E-state index contributed by atoms with van der Waals surface area (Å²) >= 11 is 0. The maximum Gasteiger partial charge on any atom is 0.317 e. The molecule has 0 bridgehead atoms. The highest BCUT2D eigenvalue weighted by Gasteiger charge is 2.22. The van der Waals surface area contributed by atoms with Crippen LogP contribution < -0.4 is 15.0 Å². The fourth-order valence-corrected chi connectivity index (χ4v) is 3.73. The number of aromatic nitrogens is 1. The first-order chi connectivity index (χ1) is 15.0. The summed E-state index contributed by atoms with van der Waals surface area (Å²) in [5.74, 6) is 2.06. The third-order valence-corrected chi connectivity index (χ3v) is 5.57. The van der Waals surface area contributed by atoms with Gasteiger partial charge in [-0.1, -0.05) is 29.8 Å². The maximum atomic E-state index is 12.5. The van der Waals surface area contributed by atoms with Gasteiger partial charge in [-0.3, -0.25) is 0 Å². The van der Waals surface area contributed by atoms with E-state index in [1.54, 1.807) is 13.3 Å². The van der Waals surface area contributed by atoms with Gasteiger partial charge in [-0.25, -0.2) is 9.78 Å². The maximum absolute atomic E-state index is 12.5. The second kappa shape index (κ2) is 9.12. The van der Waals surface area contributed by atoms with Gasteiger partial charge < -0.3 is 24.3 Å². The second-order valence-electron chi connectivity index (χ2n) is 7.75. The summed E-state index contributed by atoms with van der Waals surface area (Å²) < 4.78 is 11.2. The number of aryl methyl sites for hydroxylation is 2. The molecule has 1 N–H and O–H groups in total. The van der Waals surface area contributed by atoms with Crippen molar-refractivity contribution in [3.8, 4) is 17.1 Å². The summed E-state index contributed by atoms with van der Waals surface area (Å²) in [6, 6.07) is 14.3. The van der Waals surface area contributed by atoms with Crippen LogP contribution in [0.1, 0.15) is 17.0 Å². The van der Waals surface area contributed by atoms with Crippen LogP contribution in [-0.4, -0.2) is 49.2 Å². The largest absolute Gasteiger partial charge is 0.496 e. The summed E-state index contributed by atoms with van der Waals surface area (Å²) in [5.41, 5.74) is 4.26. The van der Waals surface area contributed by atoms with Crippen LogP contribution >= 0.6 is 0 Å². The van der Waals surface area contributed by atoms with Gasteiger partial charge in [0.15, 0.2) is 11.7 Å². The van der Waals surface area contributed by atoms with E-state index < -0.39 is 0 Å². The molecule has 0 saturated carbocycles. The van der Waals surface area contributed by atoms with Gasteiger partial charge in [0, 0.05) is 51.4 Å². The molecule has 31 heavy (non-hydrogen) atoms. The van der Waals surface area contributed by atoms with E-state index in [-0.39, 0.29) is 6.03 Å². The van der Waals surface area contributed by atoms with E-state index >= 15 is 0 Å². The Hall–Kier alpha value is -3.48. The number of piperazine rings is 1. The lowest BCUT2D eigenvalue weighted by Crippen LogP contribution is -2.51. The summed E-state index contributed by atoms with van der Waals surface area (Å²) in [4.78, 5) is 20.8. The molecule has 0 aliphatic carbocycles. The molecular weight excluding hydrogens is 392 g/mol. The first-order valence-electron chi connectivity index (χ1n) is 10.5. The number of nitrogens with one attached hydrogen (secondary N) is 1. The van der Waals surface area contributed by atoms with Crippen molar-refractivity contribution in [2.75, 3.05) is 38.2 Å². The minimum atomic E-state index is -0.0196. The first-order valence-corrected chi connectivity index (χ1v) is 10.5. The van der Waals surface area contributed by atoms with Crippen molar-refractivity contribution in [2.24, 2.45) is 0 Å². The molecule has 162 valence electrons. The van der Waals surface area contributed by atoms with E-state index in [1.807, 2.05) is 36.1 Å².